The minimum atomic E-state index is 0.471. The third kappa shape index (κ3) is 3.69. The minimum absolute atomic E-state index is 0.471. The maximum atomic E-state index is 3.65. The lowest BCUT2D eigenvalue weighted by Gasteiger charge is -2.39. The van der Waals surface area contributed by atoms with Gasteiger partial charge in [-0.15, -0.1) is 0 Å². The summed E-state index contributed by atoms with van der Waals surface area (Å²) < 4.78 is 0. The van der Waals surface area contributed by atoms with E-state index in [1.54, 1.807) is 0 Å². The van der Waals surface area contributed by atoms with Crippen molar-refractivity contribution in [3.05, 3.63) is 0 Å². The van der Waals surface area contributed by atoms with E-state index in [4.69, 9.17) is 0 Å². The Kier molecular flexibility index (Phi) is 4.87. The minimum Gasteiger partial charge on any atom is -0.314 e. The molecule has 100 valence electrons. The number of nitrogens with zero attached hydrogens (tertiary/aromatic N) is 1. The smallest absolute Gasteiger partial charge is 0.0190 e. The second-order valence-corrected chi connectivity index (χ2v) is 6.11. The Morgan fingerprint density at radius 3 is 2.35 bits per heavy atom. The van der Waals surface area contributed by atoms with Crippen LogP contribution in [-0.2, 0) is 0 Å². The molecular weight excluding hydrogens is 208 g/mol. The summed E-state index contributed by atoms with van der Waals surface area (Å²) in [5, 5.41) is 3.65. The topological polar surface area (TPSA) is 15.3 Å². The Morgan fingerprint density at radius 2 is 1.82 bits per heavy atom. The van der Waals surface area contributed by atoms with Crippen molar-refractivity contribution < 1.29 is 0 Å². The molecule has 0 amide bonds. The molecule has 2 saturated carbocycles. The van der Waals surface area contributed by atoms with E-state index >= 15 is 0 Å². The molecule has 0 saturated heterocycles. The second-order valence-electron chi connectivity index (χ2n) is 6.11. The molecule has 1 N–H and O–H groups in total. The van der Waals surface area contributed by atoms with E-state index in [2.05, 4.69) is 24.2 Å². The summed E-state index contributed by atoms with van der Waals surface area (Å²) in [7, 11) is 2.17. The average molecular weight is 238 g/mol. The lowest BCUT2D eigenvalue weighted by atomic mass is 9.79. The van der Waals surface area contributed by atoms with Crippen molar-refractivity contribution in [1.29, 1.82) is 0 Å². The van der Waals surface area contributed by atoms with E-state index in [9.17, 15) is 0 Å². The Labute approximate surface area is 107 Å². The first-order valence-corrected chi connectivity index (χ1v) is 7.72. The van der Waals surface area contributed by atoms with Gasteiger partial charge in [0.1, 0.15) is 0 Å². The zero-order valence-electron chi connectivity index (χ0n) is 11.8. The largest absolute Gasteiger partial charge is 0.314 e. The van der Waals surface area contributed by atoms with Crippen molar-refractivity contribution in [1.82, 2.24) is 10.2 Å². The molecule has 0 spiro atoms. The van der Waals surface area contributed by atoms with Gasteiger partial charge >= 0.3 is 0 Å². The third-order valence-corrected chi connectivity index (χ3v) is 4.79. The van der Waals surface area contributed by atoms with Crippen molar-refractivity contribution in [2.45, 2.75) is 76.3 Å². The van der Waals surface area contributed by atoms with E-state index in [1.807, 2.05) is 0 Å². The normalized spacial score (nSPS) is 24.2. The number of nitrogens with one attached hydrogen (secondary N) is 1. The van der Waals surface area contributed by atoms with Crippen LogP contribution < -0.4 is 5.32 Å². The summed E-state index contributed by atoms with van der Waals surface area (Å²) in [6.45, 7) is 4.94. The average Bonchev–Trinajstić information content (AvgIpc) is 3.20. The summed E-state index contributed by atoms with van der Waals surface area (Å²) >= 11 is 0. The molecule has 2 nitrogen and oxygen atoms in total. The van der Waals surface area contributed by atoms with Crippen LogP contribution in [0.5, 0.6) is 0 Å². The lowest BCUT2D eigenvalue weighted by Crippen LogP contribution is -2.47. The SMILES string of the molecule is CCCN(CCC1(NC)CCCCC1)C1CC1. The lowest BCUT2D eigenvalue weighted by molar-refractivity contribution is 0.177. The van der Waals surface area contributed by atoms with Gasteiger partial charge in [0.15, 0.2) is 0 Å². The van der Waals surface area contributed by atoms with Crippen LogP contribution in [0.15, 0.2) is 0 Å². The van der Waals surface area contributed by atoms with Crippen LogP contribution in [0, 0.1) is 0 Å². The van der Waals surface area contributed by atoms with Crippen LogP contribution in [0.4, 0.5) is 0 Å². The third-order valence-electron chi connectivity index (χ3n) is 4.79. The van der Waals surface area contributed by atoms with Gasteiger partial charge < -0.3 is 10.2 Å². The predicted molar refractivity (Wildman–Crippen MR) is 74.4 cm³/mol. The highest BCUT2D eigenvalue weighted by Crippen LogP contribution is 2.33. The van der Waals surface area contributed by atoms with E-state index in [0.717, 1.165) is 6.04 Å². The highest BCUT2D eigenvalue weighted by molar-refractivity contribution is 4.92. The Hall–Kier alpha value is -0.0800. The molecule has 0 radical (unpaired) electrons. The van der Waals surface area contributed by atoms with Crippen LogP contribution in [-0.4, -0.2) is 36.6 Å². The van der Waals surface area contributed by atoms with Crippen molar-refractivity contribution in [2.24, 2.45) is 0 Å². The molecule has 0 unspecified atom stereocenters. The van der Waals surface area contributed by atoms with Crippen LogP contribution in [0.25, 0.3) is 0 Å². The summed E-state index contributed by atoms with van der Waals surface area (Å²) in [6.07, 6.45) is 12.7. The molecule has 0 aromatic carbocycles. The van der Waals surface area contributed by atoms with Gasteiger partial charge in [0.05, 0.1) is 0 Å². The maximum absolute atomic E-state index is 3.65. The van der Waals surface area contributed by atoms with Crippen molar-refractivity contribution in [3.8, 4) is 0 Å². The molecular formula is C15H30N2. The predicted octanol–water partition coefficient (Wildman–Crippen LogP) is 3.17. The molecule has 0 aliphatic heterocycles. The second kappa shape index (κ2) is 6.19. The van der Waals surface area contributed by atoms with Gasteiger partial charge in [0.25, 0.3) is 0 Å². The van der Waals surface area contributed by atoms with Gasteiger partial charge in [0, 0.05) is 18.1 Å². The fraction of sp³-hybridized carbons (Fsp3) is 1.00. The molecule has 2 heteroatoms. The van der Waals surface area contributed by atoms with E-state index < -0.39 is 0 Å². The molecule has 17 heavy (non-hydrogen) atoms. The highest BCUT2D eigenvalue weighted by atomic mass is 15.2. The molecule has 0 aromatic rings. The molecule has 0 heterocycles. The summed E-state index contributed by atoms with van der Waals surface area (Å²) in [5.74, 6) is 0. The monoisotopic (exact) mass is 238 g/mol. The van der Waals surface area contributed by atoms with Gasteiger partial charge in [-0.2, -0.15) is 0 Å². The molecule has 0 bridgehead atoms. The van der Waals surface area contributed by atoms with Crippen LogP contribution in [0.2, 0.25) is 0 Å². The standard InChI is InChI=1S/C15H30N2/c1-3-12-17(14-7-8-14)13-11-15(16-2)9-5-4-6-10-15/h14,16H,3-13H2,1-2H3. The van der Waals surface area contributed by atoms with Crippen molar-refractivity contribution in [2.75, 3.05) is 20.1 Å². The Bertz CT molecular complexity index is 217. The van der Waals surface area contributed by atoms with Gasteiger partial charge in [-0.25, -0.2) is 0 Å². The summed E-state index contributed by atoms with van der Waals surface area (Å²) in [5.41, 5.74) is 0.471. The summed E-state index contributed by atoms with van der Waals surface area (Å²) in [4.78, 5) is 2.74. The zero-order valence-corrected chi connectivity index (χ0v) is 11.8. The molecule has 2 rings (SSSR count). The fourth-order valence-corrected chi connectivity index (χ4v) is 3.42. The first kappa shape index (κ1) is 13.4. The number of hydrogen-bond acceptors (Lipinski definition) is 2. The van der Waals surface area contributed by atoms with Crippen molar-refractivity contribution in [3.63, 3.8) is 0 Å². The van der Waals surface area contributed by atoms with Gasteiger partial charge in [-0.3, -0.25) is 0 Å². The van der Waals surface area contributed by atoms with E-state index in [0.29, 0.717) is 5.54 Å². The number of hydrogen-bond donors (Lipinski definition) is 1. The molecule has 2 aliphatic carbocycles. The van der Waals surface area contributed by atoms with Crippen LogP contribution >= 0.6 is 0 Å². The van der Waals surface area contributed by atoms with Crippen LogP contribution in [0.3, 0.4) is 0 Å². The van der Waals surface area contributed by atoms with E-state index in [1.165, 1.54) is 70.9 Å². The summed E-state index contributed by atoms with van der Waals surface area (Å²) in [6, 6.07) is 0.937. The maximum Gasteiger partial charge on any atom is 0.0190 e. The molecule has 0 atom stereocenters. The fourth-order valence-electron chi connectivity index (χ4n) is 3.42. The first-order valence-electron chi connectivity index (χ1n) is 7.72. The Morgan fingerprint density at radius 1 is 1.12 bits per heavy atom. The number of rotatable bonds is 7. The molecule has 0 aromatic heterocycles. The first-order chi connectivity index (χ1) is 8.29. The van der Waals surface area contributed by atoms with E-state index in [-0.39, 0.29) is 0 Å². The molecule has 2 fully saturated rings. The van der Waals surface area contributed by atoms with Gasteiger partial charge in [-0.1, -0.05) is 26.2 Å². The zero-order chi connectivity index (χ0) is 12.1. The van der Waals surface area contributed by atoms with Gasteiger partial charge in [-0.05, 0) is 52.1 Å². The highest BCUT2D eigenvalue weighted by Gasteiger charge is 2.33. The molecule has 2 aliphatic rings. The van der Waals surface area contributed by atoms with Gasteiger partial charge in [0.2, 0.25) is 0 Å². The van der Waals surface area contributed by atoms with Crippen LogP contribution in [0.1, 0.15) is 64.7 Å². The Balaban J connectivity index is 1.80. The quantitative estimate of drug-likeness (QED) is 0.733. The van der Waals surface area contributed by atoms with Crippen molar-refractivity contribution >= 4 is 0 Å².